The summed E-state index contributed by atoms with van der Waals surface area (Å²) < 4.78 is 24.5. The molecule has 0 bridgehead atoms. The summed E-state index contributed by atoms with van der Waals surface area (Å²) in [6.45, 7) is 0.501. The van der Waals surface area contributed by atoms with Crippen molar-refractivity contribution in [3.05, 3.63) is 65.7 Å². The Labute approximate surface area is 118 Å². The van der Waals surface area contributed by atoms with Crippen molar-refractivity contribution >= 4 is 21.6 Å². The van der Waals surface area contributed by atoms with Crippen LogP contribution in [0.2, 0.25) is 0 Å². The third kappa shape index (κ3) is 3.80. The Hall–Kier alpha value is -1.36. The summed E-state index contributed by atoms with van der Waals surface area (Å²) in [5.41, 5.74) is 1.72. The molecule has 0 aliphatic carbocycles. The van der Waals surface area contributed by atoms with Crippen molar-refractivity contribution in [3.8, 4) is 0 Å². The molecular formula is C14H14ClNO2S. The fraction of sp³-hybridized carbons (Fsp3) is 0.143. The fourth-order valence-electron chi connectivity index (χ4n) is 1.77. The molecule has 1 N–H and O–H groups in total. The van der Waals surface area contributed by atoms with E-state index >= 15 is 0 Å². The van der Waals surface area contributed by atoms with Gasteiger partial charge in [0.15, 0.2) is 9.84 Å². The molecule has 19 heavy (non-hydrogen) atoms. The van der Waals surface area contributed by atoms with E-state index < -0.39 is 9.84 Å². The summed E-state index contributed by atoms with van der Waals surface area (Å²) in [4.78, 5) is 2.83. The minimum Gasteiger partial charge on any atom is -0.229 e. The molecule has 0 saturated carbocycles. The molecule has 0 amide bonds. The lowest BCUT2D eigenvalue weighted by Gasteiger charge is -2.06. The molecule has 2 aromatic carbocycles. The minimum atomic E-state index is -3.30. The first-order valence-corrected chi connectivity index (χ1v) is 7.84. The first-order valence-electron chi connectivity index (χ1n) is 5.81. The van der Waals surface area contributed by atoms with E-state index in [1.54, 1.807) is 24.3 Å². The predicted molar refractivity (Wildman–Crippen MR) is 76.5 cm³/mol. The van der Waals surface area contributed by atoms with Crippen LogP contribution in [-0.4, -0.2) is 8.42 Å². The van der Waals surface area contributed by atoms with Gasteiger partial charge in [0.1, 0.15) is 0 Å². The molecule has 0 atom stereocenters. The molecule has 100 valence electrons. The third-order valence-corrected chi connectivity index (χ3v) is 4.59. The number of hydrogen-bond donors (Lipinski definition) is 1. The maximum Gasteiger partial charge on any atom is 0.182 e. The molecule has 0 unspecified atom stereocenters. The van der Waals surface area contributed by atoms with Crippen LogP contribution in [-0.2, 0) is 22.1 Å². The van der Waals surface area contributed by atoms with Crippen molar-refractivity contribution in [1.29, 1.82) is 0 Å². The lowest BCUT2D eigenvalue weighted by molar-refractivity contribution is 0.595. The van der Waals surface area contributed by atoms with Gasteiger partial charge in [-0.15, -0.1) is 0 Å². The molecule has 0 aliphatic heterocycles. The summed E-state index contributed by atoms with van der Waals surface area (Å²) in [5, 5.41) is 0. The Morgan fingerprint density at radius 2 is 1.53 bits per heavy atom. The van der Waals surface area contributed by atoms with Crippen LogP contribution in [0.4, 0.5) is 0 Å². The summed E-state index contributed by atoms with van der Waals surface area (Å²) in [7, 11) is -3.30. The quantitative estimate of drug-likeness (QED) is 0.863. The van der Waals surface area contributed by atoms with Crippen molar-refractivity contribution in [3.63, 3.8) is 0 Å². The van der Waals surface area contributed by atoms with E-state index in [-0.39, 0.29) is 5.75 Å². The highest BCUT2D eigenvalue weighted by molar-refractivity contribution is 7.90. The van der Waals surface area contributed by atoms with Crippen LogP contribution in [0.25, 0.3) is 0 Å². The molecule has 0 spiro atoms. The Balaban J connectivity index is 2.20. The zero-order valence-electron chi connectivity index (χ0n) is 10.2. The van der Waals surface area contributed by atoms with Gasteiger partial charge in [-0.3, -0.25) is 0 Å². The van der Waals surface area contributed by atoms with E-state index in [0.29, 0.717) is 11.4 Å². The molecule has 2 aromatic rings. The molecule has 0 radical (unpaired) electrons. The van der Waals surface area contributed by atoms with Crippen molar-refractivity contribution in [1.82, 2.24) is 4.84 Å². The summed E-state index contributed by atoms with van der Waals surface area (Å²) in [6, 6.07) is 15.9. The van der Waals surface area contributed by atoms with Gasteiger partial charge in [0, 0.05) is 6.54 Å². The number of hydrogen-bond acceptors (Lipinski definition) is 3. The van der Waals surface area contributed by atoms with Crippen molar-refractivity contribution in [2.24, 2.45) is 0 Å². The molecule has 0 aromatic heterocycles. The lowest BCUT2D eigenvalue weighted by Crippen LogP contribution is -2.05. The second-order valence-corrected chi connectivity index (χ2v) is 6.46. The number of rotatable bonds is 5. The van der Waals surface area contributed by atoms with Crippen molar-refractivity contribution in [2.45, 2.75) is 17.2 Å². The zero-order valence-corrected chi connectivity index (χ0v) is 11.8. The largest absolute Gasteiger partial charge is 0.229 e. The van der Waals surface area contributed by atoms with E-state index in [9.17, 15) is 8.42 Å². The van der Waals surface area contributed by atoms with E-state index in [4.69, 9.17) is 11.8 Å². The number of halogens is 1. The highest BCUT2D eigenvalue weighted by Gasteiger charge is 2.14. The van der Waals surface area contributed by atoms with Gasteiger partial charge in [-0.2, -0.15) is 0 Å². The Kier molecular flexibility index (Phi) is 4.58. The van der Waals surface area contributed by atoms with Crippen LogP contribution in [0.1, 0.15) is 11.1 Å². The molecule has 5 heteroatoms. The van der Waals surface area contributed by atoms with Crippen LogP contribution in [0.5, 0.6) is 0 Å². The lowest BCUT2D eigenvalue weighted by atomic mass is 10.2. The van der Waals surface area contributed by atoms with Gasteiger partial charge < -0.3 is 0 Å². The second-order valence-electron chi connectivity index (χ2n) is 4.20. The minimum absolute atomic E-state index is 0.0148. The van der Waals surface area contributed by atoms with Crippen LogP contribution in [0.15, 0.2) is 59.5 Å². The maximum atomic E-state index is 12.2. The average Bonchev–Trinajstić information content (AvgIpc) is 2.40. The SMILES string of the molecule is O=S(=O)(Cc1ccccc1)c1ccc(CNCl)cc1. The smallest absolute Gasteiger partial charge is 0.182 e. The highest BCUT2D eigenvalue weighted by Crippen LogP contribution is 2.17. The second kappa shape index (κ2) is 6.19. The van der Waals surface area contributed by atoms with Gasteiger partial charge in [0.25, 0.3) is 0 Å². The molecule has 0 saturated heterocycles. The number of sulfone groups is 1. The Morgan fingerprint density at radius 1 is 0.895 bits per heavy atom. The molecule has 0 fully saturated rings. The van der Waals surface area contributed by atoms with Gasteiger partial charge in [0.2, 0.25) is 0 Å². The predicted octanol–water partition coefficient (Wildman–Crippen LogP) is 2.90. The normalized spacial score (nSPS) is 11.4. The molecule has 2 rings (SSSR count). The summed E-state index contributed by atoms with van der Waals surface area (Å²) >= 11 is 5.40. The molecule has 0 heterocycles. The first kappa shape index (κ1) is 14.1. The van der Waals surface area contributed by atoms with Gasteiger partial charge in [-0.25, -0.2) is 13.3 Å². The molecular weight excluding hydrogens is 282 g/mol. The summed E-state index contributed by atoms with van der Waals surface area (Å²) in [5.74, 6) is 0.0148. The van der Waals surface area contributed by atoms with Crippen LogP contribution in [0, 0.1) is 0 Å². The Bertz CT molecular complexity index is 624. The van der Waals surface area contributed by atoms with E-state index in [2.05, 4.69) is 4.84 Å². The Morgan fingerprint density at radius 3 is 2.11 bits per heavy atom. The molecule has 3 nitrogen and oxygen atoms in total. The average molecular weight is 296 g/mol. The zero-order chi connectivity index (χ0) is 13.7. The van der Waals surface area contributed by atoms with Gasteiger partial charge in [-0.05, 0) is 35.0 Å². The number of nitrogens with one attached hydrogen (secondary N) is 1. The van der Waals surface area contributed by atoms with Crippen LogP contribution in [0.3, 0.4) is 0 Å². The van der Waals surface area contributed by atoms with Gasteiger partial charge in [-0.1, -0.05) is 42.5 Å². The van der Waals surface area contributed by atoms with E-state index in [1.165, 1.54) is 0 Å². The topological polar surface area (TPSA) is 46.2 Å². The van der Waals surface area contributed by atoms with Gasteiger partial charge >= 0.3 is 0 Å². The highest BCUT2D eigenvalue weighted by atomic mass is 35.5. The maximum absolute atomic E-state index is 12.2. The van der Waals surface area contributed by atoms with E-state index in [1.807, 2.05) is 30.3 Å². The summed E-state index contributed by atoms with van der Waals surface area (Å²) in [6.07, 6.45) is 0. The fourth-order valence-corrected chi connectivity index (χ4v) is 3.27. The van der Waals surface area contributed by atoms with Crippen LogP contribution >= 0.6 is 11.8 Å². The van der Waals surface area contributed by atoms with Crippen molar-refractivity contribution in [2.75, 3.05) is 0 Å². The monoisotopic (exact) mass is 295 g/mol. The van der Waals surface area contributed by atoms with E-state index in [0.717, 1.165) is 11.1 Å². The van der Waals surface area contributed by atoms with Gasteiger partial charge in [0.05, 0.1) is 10.6 Å². The number of benzene rings is 2. The van der Waals surface area contributed by atoms with Crippen LogP contribution < -0.4 is 4.84 Å². The first-order chi connectivity index (χ1) is 9.12. The molecule has 0 aliphatic rings. The van der Waals surface area contributed by atoms with Crippen molar-refractivity contribution < 1.29 is 8.42 Å². The standard InChI is InChI=1S/C14H14ClNO2S/c15-16-10-12-6-8-14(9-7-12)19(17,18)11-13-4-2-1-3-5-13/h1-9,16H,10-11H2. The third-order valence-electron chi connectivity index (χ3n) is 2.75.